The molecule has 1 N–H and O–H groups in total. The van der Waals surface area contributed by atoms with Crippen LogP contribution in [0.1, 0.15) is 17.3 Å². The number of nitrogens with zero attached hydrogens (tertiary/aromatic N) is 3. The zero-order valence-corrected chi connectivity index (χ0v) is 10.3. The molecular weight excluding hydrogens is 254 g/mol. The van der Waals surface area contributed by atoms with Gasteiger partial charge >= 0.3 is 5.97 Å². The Kier molecular flexibility index (Phi) is 3.32. The van der Waals surface area contributed by atoms with Gasteiger partial charge in [0.2, 0.25) is 0 Å². The SMILES string of the molecule is CCOC(=O)C(=O)c1cnc2c(OC)nn(O)cc1-2. The third-order valence-corrected chi connectivity index (χ3v) is 2.41. The second-order valence-electron chi connectivity index (χ2n) is 3.54. The van der Waals surface area contributed by atoms with E-state index in [1.165, 1.54) is 13.3 Å². The molecule has 19 heavy (non-hydrogen) atoms. The lowest BCUT2D eigenvalue weighted by Crippen LogP contribution is -2.17. The van der Waals surface area contributed by atoms with Gasteiger partial charge in [0, 0.05) is 11.8 Å². The van der Waals surface area contributed by atoms with Crippen molar-refractivity contribution in [2.24, 2.45) is 0 Å². The van der Waals surface area contributed by atoms with Gasteiger partial charge in [0.15, 0.2) is 0 Å². The van der Waals surface area contributed by atoms with E-state index >= 15 is 0 Å². The van der Waals surface area contributed by atoms with Crippen molar-refractivity contribution in [3.8, 4) is 17.1 Å². The van der Waals surface area contributed by atoms with E-state index in [0.717, 1.165) is 6.20 Å². The van der Waals surface area contributed by atoms with Crippen molar-refractivity contribution >= 4 is 11.8 Å². The third kappa shape index (κ3) is 2.19. The van der Waals surface area contributed by atoms with Gasteiger partial charge in [-0.3, -0.25) is 4.79 Å². The Labute approximate surface area is 107 Å². The highest BCUT2D eigenvalue weighted by Gasteiger charge is 2.27. The Morgan fingerprint density at radius 3 is 2.84 bits per heavy atom. The van der Waals surface area contributed by atoms with Crippen LogP contribution < -0.4 is 4.74 Å². The standard InChI is InChI=1S/C11H11N3O5/c1-3-19-11(16)9(15)6-4-12-8-7(6)5-14(17)13-10(8)18-2/h4-5,17H,3H2,1-2H3. The van der Waals surface area contributed by atoms with Gasteiger partial charge in [0.05, 0.1) is 25.5 Å². The van der Waals surface area contributed by atoms with E-state index in [1.54, 1.807) is 6.92 Å². The summed E-state index contributed by atoms with van der Waals surface area (Å²) in [6, 6.07) is 0. The molecular formula is C11H11N3O5. The Hall–Kier alpha value is -2.64. The summed E-state index contributed by atoms with van der Waals surface area (Å²) in [5, 5.41) is 13.0. The molecule has 0 atom stereocenters. The van der Waals surface area contributed by atoms with Crippen LogP contribution in [0.15, 0.2) is 12.4 Å². The molecule has 0 amide bonds. The summed E-state index contributed by atoms with van der Waals surface area (Å²) >= 11 is 0. The minimum absolute atomic E-state index is 0.0250. The van der Waals surface area contributed by atoms with Gasteiger partial charge < -0.3 is 14.7 Å². The number of carbonyl (C=O) groups excluding carboxylic acids is 2. The molecule has 8 heteroatoms. The summed E-state index contributed by atoms with van der Waals surface area (Å²) in [6.07, 6.45) is 2.38. The van der Waals surface area contributed by atoms with Crippen molar-refractivity contribution in [2.75, 3.05) is 13.7 Å². The maximum Gasteiger partial charge on any atom is 0.379 e. The van der Waals surface area contributed by atoms with Crippen molar-refractivity contribution < 1.29 is 24.3 Å². The Morgan fingerprint density at radius 1 is 1.47 bits per heavy atom. The first-order chi connectivity index (χ1) is 9.08. The number of hydrogen-bond acceptors (Lipinski definition) is 7. The number of carbonyl (C=O) groups is 2. The smallest absolute Gasteiger partial charge is 0.379 e. The number of ketones is 1. The van der Waals surface area contributed by atoms with Crippen LogP contribution in [0.25, 0.3) is 11.3 Å². The molecule has 0 fully saturated rings. The molecule has 2 aliphatic heterocycles. The van der Waals surface area contributed by atoms with E-state index in [1.807, 2.05) is 0 Å². The van der Waals surface area contributed by atoms with E-state index in [2.05, 4.69) is 14.8 Å². The van der Waals surface area contributed by atoms with Crippen molar-refractivity contribution in [3.63, 3.8) is 0 Å². The molecule has 0 bridgehead atoms. The summed E-state index contributed by atoms with van der Waals surface area (Å²) in [5.74, 6) is -1.77. The highest BCUT2D eigenvalue weighted by atomic mass is 16.5. The molecule has 0 unspecified atom stereocenters. The largest absolute Gasteiger partial charge is 0.478 e. The van der Waals surface area contributed by atoms with Crippen molar-refractivity contribution in [2.45, 2.75) is 6.92 Å². The maximum absolute atomic E-state index is 11.9. The highest BCUT2D eigenvalue weighted by Crippen LogP contribution is 2.31. The topological polar surface area (TPSA) is 104 Å². The van der Waals surface area contributed by atoms with E-state index in [-0.39, 0.29) is 29.3 Å². The van der Waals surface area contributed by atoms with Crippen LogP contribution in [-0.2, 0) is 9.53 Å². The first-order valence-electron chi connectivity index (χ1n) is 5.41. The zero-order chi connectivity index (χ0) is 14.0. The van der Waals surface area contributed by atoms with E-state index in [9.17, 15) is 14.8 Å². The quantitative estimate of drug-likeness (QED) is 0.368. The summed E-state index contributed by atoms with van der Waals surface area (Å²) in [7, 11) is 1.35. The first-order valence-corrected chi connectivity index (χ1v) is 5.41. The van der Waals surface area contributed by atoms with E-state index in [0.29, 0.717) is 4.85 Å². The van der Waals surface area contributed by atoms with Gasteiger partial charge in [-0.25, -0.2) is 9.78 Å². The molecule has 2 rings (SSSR count). The van der Waals surface area contributed by atoms with Gasteiger partial charge in [-0.1, -0.05) is 5.10 Å². The van der Waals surface area contributed by atoms with Crippen LogP contribution in [0.4, 0.5) is 0 Å². The lowest BCUT2D eigenvalue weighted by Gasteiger charge is -2.07. The maximum atomic E-state index is 11.9. The van der Waals surface area contributed by atoms with Crippen LogP contribution in [-0.4, -0.2) is 45.6 Å². The fourth-order valence-corrected chi connectivity index (χ4v) is 1.61. The van der Waals surface area contributed by atoms with E-state index < -0.39 is 11.8 Å². The van der Waals surface area contributed by atoms with Crippen molar-refractivity contribution in [1.82, 2.24) is 14.9 Å². The van der Waals surface area contributed by atoms with Gasteiger partial charge in [0.25, 0.3) is 11.7 Å². The van der Waals surface area contributed by atoms with Crippen LogP contribution in [0, 0.1) is 0 Å². The average Bonchev–Trinajstić information content (AvgIpc) is 2.80. The number of esters is 1. The fourth-order valence-electron chi connectivity index (χ4n) is 1.61. The number of Topliss-reactive ketones (excluding diaryl/α,β-unsaturated/α-hetero) is 1. The molecule has 0 aromatic carbocycles. The lowest BCUT2D eigenvalue weighted by atomic mass is 10.1. The van der Waals surface area contributed by atoms with Crippen LogP contribution in [0.2, 0.25) is 0 Å². The third-order valence-electron chi connectivity index (χ3n) is 2.41. The second kappa shape index (κ2) is 4.92. The molecule has 0 aromatic heterocycles. The predicted molar refractivity (Wildman–Crippen MR) is 61.3 cm³/mol. The van der Waals surface area contributed by atoms with Gasteiger partial charge in [-0.05, 0) is 6.92 Å². The summed E-state index contributed by atoms with van der Waals surface area (Å²) < 4.78 is 9.56. The number of ether oxygens (including phenoxy) is 2. The number of aromatic nitrogens is 3. The predicted octanol–water partition coefficient (Wildman–Crippen LogP) is 0.375. The van der Waals surface area contributed by atoms with Crippen molar-refractivity contribution in [1.29, 1.82) is 0 Å². The molecule has 0 aromatic rings. The molecule has 0 aliphatic carbocycles. The molecule has 100 valence electrons. The molecule has 0 spiro atoms. The number of methoxy groups -OCH3 is 1. The molecule has 0 radical (unpaired) electrons. The zero-order valence-electron chi connectivity index (χ0n) is 10.3. The van der Waals surface area contributed by atoms with Gasteiger partial charge in [-0.15, -0.1) is 4.85 Å². The number of fused-ring (bicyclic) bond motifs is 1. The summed E-state index contributed by atoms with van der Waals surface area (Å²) in [4.78, 5) is 27.7. The first kappa shape index (κ1) is 12.8. The minimum Gasteiger partial charge on any atom is -0.478 e. The Morgan fingerprint density at radius 2 is 2.21 bits per heavy atom. The molecule has 8 nitrogen and oxygen atoms in total. The molecule has 0 saturated carbocycles. The lowest BCUT2D eigenvalue weighted by molar-refractivity contribution is -0.137. The minimum atomic E-state index is -0.975. The molecule has 2 aliphatic rings. The molecule has 0 saturated heterocycles. The van der Waals surface area contributed by atoms with Gasteiger partial charge in [-0.2, -0.15) is 0 Å². The van der Waals surface area contributed by atoms with Crippen LogP contribution >= 0.6 is 0 Å². The number of hydrogen-bond donors (Lipinski definition) is 1. The van der Waals surface area contributed by atoms with Crippen LogP contribution in [0.3, 0.4) is 0 Å². The second-order valence-corrected chi connectivity index (χ2v) is 3.54. The molecule has 2 heterocycles. The number of rotatable bonds is 4. The summed E-state index contributed by atoms with van der Waals surface area (Å²) in [5.41, 5.74) is 0.560. The Bertz CT molecular complexity index is 607. The van der Waals surface area contributed by atoms with E-state index in [4.69, 9.17) is 4.74 Å². The van der Waals surface area contributed by atoms with Crippen LogP contribution in [0.5, 0.6) is 5.88 Å². The van der Waals surface area contributed by atoms with Gasteiger partial charge in [0.1, 0.15) is 5.69 Å². The highest BCUT2D eigenvalue weighted by molar-refractivity contribution is 6.42. The normalized spacial score (nSPS) is 10.4. The summed E-state index contributed by atoms with van der Waals surface area (Å²) in [6.45, 7) is 1.70. The monoisotopic (exact) mass is 265 g/mol. The van der Waals surface area contributed by atoms with Crippen molar-refractivity contribution in [3.05, 3.63) is 18.0 Å². The fraction of sp³-hybridized carbons (Fsp3) is 0.273. The average molecular weight is 265 g/mol. The Balaban J connectivity index is 2.47.